The first-order chi connectivity index (χ1) is 11.6. The van der Waals surface area contributed by atoms with Gasteiger partial charge in [0.2, 0.25) is 11.8 Å². The van der Waals surface area contributed by atoms with Crippen LogP contribution in [0.15, 0.2) is 18.3 Å². The van der Waals surface area contributed by atoms with Gasteiger partial charge in [0.05, 0.1) is 11.9 Å². The Kier molecular flexibility index (Phi) is 5.17. The van der Waals surface area contributed by atoms with Gasteiger partial charge in [-0.1, -0.05) is 0 Å². The van der Waals surface area contributed by atoms with Crippen LogP contribution in [-0.2, 0) is 4.79 Å². The van der Waals surface area contributed by atoms with E-state index in [-0.39, 0.29) is 18.0 Å². The van der Waals surface area contributed by atoms with Gasteiger partial charge in [-0.05, 0) is 18.9 Å². The van der Waals surface area contributed by atoms with Crippen molar-refractivity contribution in [2.24, 2.45) is 0 Å². The number of piperidine rings is 1. The van der Waals surface area contributed by atoms with E-state index in [2.05, 4.69) is 10.3 Å². The highest BCUT2D eigenvalue weighted by Gasteiger charge is 2.28. The molecule has 0 atom stereocenters. The van der Waals surface area contributed by atoms with Gasteiger partial charge in [-0.2, -0.15) is 0 Å². The molecule has 0 radical (unpaired) electrons. The van der Waals surface area contributed by atoms with E-state index in [4.69, 9.17) is 4.74 Å². The number of ether oxygens (including phenoxy) is 1. The number of nitrogens with zero attached hydrogens (tertiary/aromatic N) is 3. The number of carbonyl (C=O) groups is 2. The van der Waals surface area contributed by atoms with E-state index < -0.39 is 0 Å². The average molecular weight is 332 g/mol. The Balaban J connectivity index is 1.46. The molecule has 7 nitrogen and oxygen atoms in total. The van der Waals surface area contributed by atoms with Gasteiger partial charge in [0, 0.05) is 52.0 Å². The minimum absolute atomic E-state index is 0.0757. The first-order valence-corrected chi connectivity index (χ1v) is 8.56. The van der Waals surface area contributed by atoms with Gasteiger partial charge in [-0.3, -0.25) is 4.79 Å². The predicted octanol–water partition coefficient (Wildman–Crippen LogP) is 2.10. The number of urea groups is 1. The zero-order valence-electron chi connectivity index (χ0n) is 14.0. The Morgan fingerprint density at radius 3 is 2.38 bits per heavy atom. The summed E-state index contributed by atoms with van der Waals surface area (Å²) in [6.45, 7) is 4.69. The summed E-state index contributed by atoms with van der Waals surface area (Å²) in [7, 11) is 0. The highest BCUT2D eigenvalue weighted by atomic mass is 16.5. The van der Waals surface area contributed by atoms with Crippen LogP contribution in [0.2, 0.25) is 0 Å². The fourth-order valence-electron chi connectivity index (χ4n) is 3.17. The maximum absolute atomic E-state index is 12.4. The summed E-state index contributed by atoms with van der Waals surface area (Å²) < 4.78 is 5.89. The predicted molar refractivity (Wildman–Crippen MR) is 90.0 cm³/mol. The van der Waals surface area contributed by atoms with Crippen molar-refractivity contribution in [3.63, 3.8) is 0 Å². The van der Waals surface area contributed by atoms with Crippen molar-refractivity contribution >= 4 is 17.6 Å². The van der Waals surface area contributed by atoms with Gasteiger partial charge in [0.15, 0.2) is 0 Å². The Labute approximate surface area is 142 Å². The summed E-state index contributed by atoms with van der Waals surface area (Å²) >= 11 is 0. The molecule has 3 rings (SSSR count). The molecular weight excluding hydrogens is 308 g/mol. The molecule has 1 aromatic heterocycles. The van der Waals surface area contributed by atoms with Crippen molar-refractivity contribution in [2.45, 2.75) is 38.7 Å². The van der Waals surface area contributed by atoms with Gasteiger partial charge in [0.1, 0.15) is 6.10 Å². The van der Waals surface area contributed by atoms with E-state index in [9.17, 15) is 9.59 Å². The lowest BCUT2D eigenvalue weighted by atomic mass is 10.1. The van der Waals surface area contributed by atoms with Crippen molar-refractivity contribution in [1.29, 1.82) is 0 Å². The number of aromatic nitrogens is 1. The van der Waals surface area contributed by atoms with Crippen LogP contribution in [-0.4, -0.2) is 59.0 Å². The van der Waals surface area contributed by atoms with E-state index in [0.29, 0.717) is 11.6 Å². The van der Waals surface area contributed by atoms with E-state index in [1.165, 1.54) is 6.92 Å². The van der Waals surface area contributed by atoms with Crippen molar-refractivity contribution in [1.82, 2.24) is 14.8 Å². The third-order valence-electron chi connectivity index (χ3n) is 4.43. The Hall–Kier alpha value is -2.31. The number of amides is 3. The SMILES string of the molecule is CC(=O)Nc1ccc(OC2CCN(C(=O)N3CCCC3)CC2)nc1. The highest BCUT2D eigenvalue weighted by Crippen LogP contribution is 2.20. The van der Waals surface area contributed by atoms with E-state index in [0.717, 1.165) is 51.9 Å². The summed E-state index contributed by atoms with van der Waals surface area (Å²) in [5.74, 6) is 0.425. The zero-order chi connectivity index (χ0) is 16.9. The number of anilines is 1. The fourth-order valence-corrected chi connectivity index (χ4v) is 3.17. The van der Waals surface area contributed by atoms with Crippen LogP contribution >= 0.6 is 0 Å². The van der Waals surface area contributed by atoms with Crippen molar-refractivity contribution in [3.05, 3.63) is 18.3 Å². The topological polar surface area (TPSA) is 74.8 Å². The largest absolute Gasteiger partial charge is 0.474 e. The number of hydrogen-bond donors (Lipinski definition) is 1. The monoisotopic (exact) mass is 332 g/mol. The molecule has 24 heavy (non-hydrogen) atoms. The summed E-state index contributed by atoms with van der Waals surface area (Å²) in [6.07, 6.45) is 5.52. The molecule has 3 amide bonds. The van der Waals surface area contributed by atoms with Gasteiger partial charge in [-0.15, -0.1) is 0 Å². The van der Waals surface area contributed by atoms with E-state index in [1.54, 1.807) is 18.3 Å². The number of hydrogen-bond acceptors (Lipinski definition) is 4. The molecule has 2 aliphatic heterocycles. The molecular formula is C17H24N4O3. The average Bonchev–Trinajstić information content (AvgIpc) is 3.11. The number of pyridine rings is 1. The molecule has 2 fully saturated rings. The number of likely N-dealkylation sites (tertiary alicyclic amines) is 2. The molecule has 0 aliphatic carbocycles. The van der Waals surface area contributed by atoms with Gasteiger partial charge in [0.25, 0.3) is 0 Å². The van der Waals surface area contributed by atoms with Crippen LogP contribution in [0.25, 0.3) is 0 Å². The maximum Gasteiger partial charge on any atom is 0.320 e. The lowest BCUT2D eigenvalue weighted by Gasteiger charge is -2.34. The molecule has 0 bridgehead atoms. The second kappa shape index (κ2) is 7.51. The Bertz CT molecular complexity index is 576. The Morgan fingerprint density at radius 2 is 1.79 bits per heavy atom. The van der Waals surface area contributed by atoms with Crippen molar-refractivity contribution in [3.8, 4) is 5.88 Å². The number of carbonyl (C=O) groups excluding carboxylic acids is 2. The maximum atomic E-state index is 12.4. The second-order valence-corrected chi connectivity index (χ2v) is 6.35. The molecule has 3 heterocycles. The van der Waals surface area contributed by atoms with Crippen LogP contribution in [0, 0.1) is 0 Å². The summed E-state index contributed by atoms with van der Waals surface area (Å²) in [4.78, 5) is 31.4. The highest BCUT2D eigenvalue weighted by molar-refractivity contribution is 5.88. The molecule has 2 saturated heterocycles. The molecule has 0 spiro atoms. The van der Waals surface area contributed by atoms with Crippen molar-refractivity contribution < 1.29 is 14.3 Å². The molecule has 0 unspecified atom stereocenters. The van der Waals surface area contributed by atoms with Crippen molar-refractivity contribution in [2.75, 3.05) is 31.5 Å². The minimum atomic E-state index is -0.125. The minimum Gasteiger partial charge on any atom is -0.474 e. The van der Waals surface area contributed by atoms with Gasteiger partial charge in [-0.25, -0.2) is 9.78 Å². The summed E-state index contributed by atoms with van der Waals surface area (Å²) in [5.41, 5.74) is 0.654. The second-order valence-electron chi connectivity index (χ2n) is 6.35. The molecule has 2 aliphatic rings. The summed E-state index contributed by atoms with van der Waals surface area (Å²) in [5, 5.41) is 2.67. The third-order valence-corrected chi connectivity index (χ3v) is 4.43. The quantitative estimate of drug-likeness (QED) is 0.920. The lowest BCUT2D eigenvalue weighted by Crippen LogP contribution is -2.47. The fraction of sp³-hybridized carbons (Fsp3) is 0.588. The smallest absolute Gasteiger partial charge is 0.320 e. The van der Waals surface area contributed by atoms with Crippen LogP contribution in [0.3, 0.4) is 0 Å². The van der Waals surface area contributed by atoms with Crippen LogP contribution in [0.5, 0.6) is 5.88 Å². The molecule has 7 heteroatoms. The number of rotatable bonds is 3. The zero-order valence-corrected chi connectivity index (χ0v) is 14.0. The first kappa shape index (κ1) is 16.5. The van der Waals surface area contributed by atoms with Crippen LogP contribution in [0.4, 0.5) is 10.5 Å². The molecule has 0 saturated carbocycles. The molecule has 1 aromatic rings. The third kappa shape index (κ3) is 4.15. The molecule has 130 valence electrons. The summed E-state index contributed by atoms with van der Waals surface area (Å²) in [6, 6.07) is 3.70. The van der Waals surface area contributed by atoms with E-state index in [1.807, 2.05) is 9.80 Å². The number of nitrogens with one attached hydrogen (secondary N) is 1. The molecule has 0 aromatic carbocycles. The first-order valence-electron chi connectivity index (χ1n) is 8.56. The van der Waals surface area contributed by atoms with E-state index >= 15 is 0 Å². The molecule has 1 N–H and O–H groups in total. The van der Waals surface area contributed by atoms with Crippen LogP contribution < -0.4 is 10.1 Å². The lowest BCUT2D eigenvalue weighted by molar-refractivity contribution is -0.114. The van der Waals surface area contributed by atoms with Gasteiger partial charge < -0.3 is 19.9 Å². The standard InChI is InChI=1S/C17H24N4O3/c1-13(22)19-14-4-5-16(18-12-14)24-15-6-10-21(11-7-15)17(23)20-8-2-3-9-20/h4-5,12,15H,2-3,6-11H2,1H3,(H,19,22). The van der Waals surface area contributed by atoms with Crippen LogP contribution in [0.1, 0.15) is 32.6 Å². The normalized spacial score (nSPS) is 18.5. The van der Waals surface area contributed by atoms with Gasteiger partial charge >= 0.3 is 6.03 Å². The Morgan fingerprint density at radius 1 is 1.12 bits per heavy atom.